The lowest BCUT2D eigenvalue weighted by Crippen LogP contribution is -2.53. The first-order chi connectivity index (χ1) is 11.6. The van der Waals surface area contributed by atoms with Gasteiger partial charge < -0.3 is 4.90 Å². The van der Waals surface area contributed by atoms with Crippen molar-refractivity contribution in [2.24, 2.45) is 4.99 Å². The highest BCUT2D eigenvalue weighted by Gasteiger charge is 2.29. The van der Waals surface area contributed by atoms with Crippen LogP contribution in [-0.2, 0) is 6.54 Å². The van der Waals surface area contributed by atoms with Crippen LogP contribution < -0.4 is 4.90 Å². The van der Waals surface area contributed by atoms with Gasteiger partial charge in [0.05, 0.1) is 6.17 Å². The summed E-state index contributed by atoms with van der Waals surface area (Å²) in [5.74, 6) is 0. The van der Waals surface area contributed by atoms with Gasteiger partial charge in [-0.2, -0.15) is 0 Å². The molecule has 0 N–H and O–H groups in total. The highest BCUT2D eigenvalue weighted by Crippen LogP contribution is 2.26. The lowest BCUT2D eigenvalue weighted by atomic mass is 10.1. The Labute approximate surface area is 146 Å². The van der Waals surface area contributed by atoms with Gasteiger partial charge in [-0.05, 0) is 43.0 Å². The summed E-state index contributed by atoms with van der Waals surface area (Å²) in [7, 11) is 4.20. The van der Waals surface area contributed by atoms with Gasteiger partial charge in [0.25, 0.3) is 0 Å². The van der Waals surface area contributed by atoms with Crippen LogP contribution in [0, 0.1) is 0 Å². The third-order valence-electron chi connectivity index (χ3n) is 4.56. The fourth-order valence-corrected chi connectivity index (χ4v) is 3.45. The van der Waals surface area contributed by atoms with E-state index in [-0.39, 0.29) is 6.17 Å². The van der Waals surface area contributed by atoms with E-state index in [1.54, 1.807) is 6.20 Å². The highest BCUT2D eigenvalue weighted by atomic mass is 15.4. The van der Waals surface area contributed by atoms with E-state index in [1.165, 1.54) is 17.7 Å². The SMILES string of the molecule is C=N/C=C\C(=C)C1N(CC)CCCN1Cc1ccccc1N(C)C. The van der Waals surface area contributed by atoms with Gasteiger partial charge >= 0.3 is 0 Å². The Morgan fingerprint density at radius 2 is 2.00 bits per heavy atom. The second-order valence-electron chi connectivity index (χ2n) is 6.42. The molecule has 0 radical (unpaired) electrons. The topological polar surface area (TPSA) is 22.1 Å². The van der Waals surface area contributed by atoms with Crippen LogP contribution in [-0.4, -0.2) is 56.4 Å². The molecule has 0 amide bonds. The fraction of sp³-hybridized carbons (Fsp3) is 0.450. The van der Waals surface area contributed by atoms with Crippen LogP contribution in [0.15, 0.2) is 53.7 Å². The summed E-state index contributed by atoms with van der Waals surface area (Å²) in [4.78, 5) is 11.0. The molecule has 0 aliphatic carbocycles. The number of hydrogen-bond acceptors (Lipinski definition) is 4. The van der Waals surface area contributed by atoms with E-state index in [1.807, 2.05) is 6.08 Å². The molecule has 4 nitrogen and oxygen atoms in total. The number of para-hydroxylation sites is 1. The van der Waals surface area contributed by atoms with Gasteiger partial charge in [0.15, 0.2) is 0 Å². The van der Waals surface area contributed by atoms with Crippen LogP contribution in [0.5, 0.6) is 0 Å². The monoisotopic (exact) mass is 326 g/mol. The molecular weight excluding hydrogens is 296 g/mol. The molecule has 0 bridgehead atoms. The molecule has 1 heterocycles. The van der Waals surface area contributed by atoms with Gasteiger partial charge in [-0.15, -0.1) is 0 Å². The predicted octanol–water partition coefficient (Wildman–Crippen LogP) is 3.38. The Balaban J connectivity index is 2.27. The van der Waals surface area contributed by atoms with Crippen molar-refractivity contribution in [2.45, 2.75) is 26.1 Å². The fourth-order valence-electron chi connectivity index (χ4n) is 3.45. The van der Waals surface area contributed by atoms with Gasteiger partial charge in [-0.25, -0.2) is 0 Å². The maximum Gasteiger partial charge on any atom is 0.0883 e. The third-order valence-corrected chi connectivity index (χ3v) is 4.56. The minimum Gasteiger partial charge on any atom is -0.377 e. The van der Waals surface area contributed by atoms with Crippen molar-refractivity contribution in [3.8, 4) is 0 Å². The van der Waals surface area contributed by atoms with Crippen LogP contribution in [0.25, 0.3) is 0 Å². The Bertz CT molecular complexity index is 591. The normalized spacial score (nSPS) is 19.5. The minimum absolute atomic E-state index is 0.219. The number of hydrogen-bond donors (Lipinski definition) is 0. The zero-order chi connectivity index (χ0) is 17.5. The van der Waals surface area contributed by atoms with Gasteiger partial charge in [-0.1, -0.05) is 31.7 Å². The number of rotatable bonds is 7. The van der Waals surface area contributed by atoms with Crippen molar-refractivity contribution >= 4 is 12.4 Å². The number of likely N-dealkylation sites (N-methyl/N-ethyl adjacent to an activating group) is 1. The third kappa shape index (κ3) is 4.34. The predicted molar refractivity (Wildman–Crippen MR) is 105 cm³/mol. The molecule has 1 aromatic carbocycles. The average Bonchev–Trinajstić information content (AvgIpc) is 2.59. The summed E-state index contributed by atoms with van der Waals surface area (Å²) in [5, 5.41) is 0. The van der Waals surface area contributed by atoms with Crippen LogP contribution in [0.3, 0.4) is 0 Å². The first-order valence-corrected chi connectivity index (χ1v) is 8.63. The minimum atomic E-state index is 0.219. The molecule has 0 aromatic heterocycles. The highest BCUT2D eigenvalue weighted by molar-refractivity contribution is 5.52. The molecule has 0 saturated carbocycles. The van der Waals surface area contributed by atoms with Gasteiger partial charge in [-0.3, -0.25) is 14.8 Å². The molecule has 0 spiro atoms. The van der Waals surface area contributed by atoms with E-state index in [4.69, 9.17) is 0 Å². The molecule has 4 heteroatoms. The summed E-state index contributed by atoms with van der Waals surface area (Å²) in [6.45, 7) is 14.2. The van der Waals surface area contributed by atoms with E-state index >= 15 is 0 Å². The number of anilines is 1. The molecule has 1 unspecified atom stereocenters. The summed E-state index contributed by atoms with van der Waals surface area (Å²) < 4.78 is 0. The zero-order valence-electron chi connectivity index (χ0n) is 15.3. The number of nitrogens with zero attached hydrogens (tertiary/aromatic N) is 4. The lowest BCUT2D eigenvalue weighted by molar-refractivity contribution is 0.0276. The molecule has 1 fully saturated rings. The Morgan fingerprint density at radius 1 is 1.29 bits per heavy atom. The smallest absolute Gasteiger partial charge is 0.0883 e. The maximum absolute atomic E-state index is 4.30. The van der Waals surface area contributed by atoms with E-state index in [9.17, 15) is 0 Å². The van der Waals surface area contributed by atoms with E-state index in [0.29, 0.717) is 0 Å². The zero-order valence-corrected chi connectivity index (χ0v) is 15.3. The molecule has 130 valence electrons. The maximum atomic E-state index is 4.30. The second kappa shape index (κ2) is 8.81. The van der Waals surface area contributed by atoms with Crippen molar-refractivity contribution in [2.75, 3.05) is 38.6 Å². The molecule has 1 saturated heterocycles. The first-order valence-electron chi connectivity index (χ1n) is 8.63. The quantitative estimate of drug-likeness (QED) is 0.566. The van der Waals surface area contributed by atoms with Crippen LogP contribution in [0.4, 0.5) is 5.69 Å². The number of benzene rings is 1. The average molecular weight is 326 g/mol. The van der Waals surface area contributed by atoms with Crippen LogP contribution >= 0.6 is 0 Å². The van der Waals surface area contributed by atoms with Crippen molar-refractivity contribution in [3.63, 3.8) is 0 Å². The Hall–Kier alpha value is -1.91. The summed E-state index contributed by atoms with van der Waals surface area (Å²) in [6.07, 6.45) is 5.12. The first kappa shape index (κ1) is 18.4. The van der Waals surface area contributed by atoms with Crippen molar-refractivity contribution < 1.29 is 0 Å². The van der Waals surface area contributed by atoms with E-state index in [2.05, 4.69) is 78.3 Å². The van der Waals surface area contributed by atoms with Crippen molar-refractivity contribution in [1.29, 1.82) is 0 Å². The molecule has 1 aliphatic rings. The molecular formula is C20H30N4. The molecule has 1 aromatic rings. The van der Waals surface area contributed by atoms with E-state index in [0.717, 1.165) is 31.8 Å². The number of aliphatic imine (C=N–C) groups is 1. The lowest BCUT2D eigenvalue weighted by Gasteiger charge is -2.44. The Morgan fingerprint density at radius 3 is 2.67 bits per heavy atom. The molecule has 1 atom stereocenters. The second-order valence-corrected chi connectivity index (χ2v) is 6.42. The van der Waals surface area contributed by atoms with Crippen molar-refractivity contribution in [1.82, 2.24) is 9.80 Å². The van der Waals surface area contributed by atoms with Gasteiger partial charge in [0.1, 0.15) is 0 Å². The molecule has 1 aliphatic heterocycles. The Kier molecular flexibility index (Phi) is 6.76. The van der Waals surface area contributed by atoms with Gasteiger partial charge in [0.2, 0.25) is 0 Å². The van der Waals surface area contributed by atoms with Crippen LogP contribution in [0.2, 0.25) is 0 Å². The van der Waals surface area contributed by atoms with Crippen molar-refractivity contribution in [3.05, 3.63) is 54.3 Å². The summed E-state index contributed by atoms with van der Waals surface area (Å²) >= 11 is 0. The summed E-state index contributed by atoms with van der Waals surface area (Å²) in [5.41, 5.74) is 3.70. The standard InChI is InChI=1S/C20H30N4/c1-6-23-14-9-15-24(20(23)17(2)12-13-21-3)16-18-10-7-8-11-19(18)22(4)5/h7-8,10-13,20H,2-3,6,9,14-16H2,1,4-5H3/b13-12-. The van der Waals surface area contributed by atoms with E-state index < -0.39 is 0 Å². The largest absolute Gasteiger partial charge is 0.377 e. The summed E-state index contributed by atoms with van der Waals surface area (Å²) in [6, 6.07) is 8.63. The molecule has 24 heavy (non-hydrogen) atoms. The van der Waals surface area contributed by atoms with Crippen LogP contribution in [0.1, 0.15) is 18.9 Å². The molecule has 2 rings (SSSR count). The van der Waals surface area contributed by atoms with Gasteiger partial charge in [0, 0.05) is 45.6 Å².